The summed E-state index contributed by atoms with van der Waals surface area (Å²) < 4.78 is 0. The van der Waals surface area contributed by atoms with Crippen LogP contribution in [0.2, 0.25) is 5.02 Å². The van der Waals surface area contributed by atoms with Gasteiger partial charge in [-0.3, -0.25) is 0 Å². The molecule has 0 radical (unpaired) electrons. The van der Waals surface area contributed by atoms with Crippen molar-refractivity contribution in [2.24, 2.45) is 0 Å². The second kappa shape index (κ2) is 6.00. The van der Waals surface area contributed by atoms with E-state index in [9.17, 15) is 0 Å². The lowest BCUT2D eigenvalue weighted by atomic mass is 10.2. The van der Waals surface area contributed by atoms with E-state index in [-0.39, 0.29) is 0 Å². The lowest BCUT2D eigenvalue weighted by Gasteiger charge is -2.06. The Morgan fingerprint density at radius 1 is 1.05 bits per heavy atom. The molecule has 3 rings (SSSR count). The molecule has 0 heterocycles. The molecule has 0 atom stereocenters. The molecule has 0 spiro atoms. The summed E-state index contributed by atoms with van der Waals surface area (Å²) in [4.78, 5) is 2.33. The zero-order chi connectivity index (χ0) is 13.1. The maximum atomic E-state index is 6.17. The van der Waals surface area contributed by atoms with E-state index in [2.05, 4.69) is 35.6 Å². The lowest BCUT2D eigenvalue weighted by molar-refractivity contribution is 0.687. The molecule has 3 heteroatoms. The van der Waals surface area contributed by atoms with Gasteiger partial charge in [0.25, 0.3) is 0 Å². The van der Waals surface area contributed by atoms with Crippen LogP contribution in [0.25, 0.3) is 0 Å². The van der Waals surface area contributed by atoms with Crippen LogP contribution in [-0.4, -0.2) is 6.04 Å². The highest BCUT2D eigenvalue weighted by Crippen LogP contribution is 2.33. The van der Waals surface area contributed by atoms with Crippen LogP contribution in [0.15, 0.2) is 58.3 Å². The van der Waals surface area contributed by atoms with E-state index in [4.69, 9.17) is 11.6 Å². The van der Waals surface area contributed by atoms with Gasteiger partial charge in [0.1, 0.15) is 0 Å². The van der Waals surface area contributed by atoms with Crippen molar-refractivity contribution in [3.63, 3.8) is 0 Å². The third-order valence-corrected chi connectivity index (χ3v) is 4.69. The standard InChI is InChI=1S/C16H16ClNS/c17-15-3-1-2-4-16(15)19-14-9-5-12(6-10-14)11-18-13-7-8-13/h1-6,9-10,13,18H,7-8,11H2. The summed E-state index contributed by atoms with van der Waals surface area (Å²) in [6.45, 7) is 0.974. The molecule has 1 aliphatic carbocycles. The predicted octanol–water partition coefficient (Wildman–Crippen LogP) is 4.74. The van der Waals surface area contributed by atoms with Crippen molar-refractivity contribution in [3.8, 4) is 0 Å². The maximum absolute atomic E-state index is 6.17. The van der Waals surface area contributed by atoms with E-state index >= 15 is 0 Å². The molecule has 1 aliphatic rings. The topological polar surface area (TPSA) is 12.0 Å². The second-order valence-corrected chi connectivity index (χ2v) is 6.35. The Labute approximate surface area is 123 Å². The van der Waals surface area contributed by atoms with Crippen LogP contribution in [-0.2, 0) is 6.54 Å². The molecule has 0 unspecified atom stereocenters. The minimum Gasteiger partial charge on any atom is -0.310 e. The van der Waals surface area contributed by atoms with Crippen LogP contribution >= 0.6 is 23.4 Å². The molecule has 1 saturated carbocycles. The molecule has 2 aromatic carbocycles. The summed E-state index contributed by atoms with van der Waals surface area (Å²) in [5, 5.41) is 4.34. The number of benzene rings is 2. The number of hydrogen-bond acceptors (Lipinski definition) is 2. The normalized spacial score (nSPS) is 14.6. The highest BCUT2D eigenvalue weighted by molar-refractivity contribution is 7.99. The largest absolute Gasteiger partial charge is 0.310 e. The minimum atomic E-state index is 0.761. The molecule has 0 saturated heterocycles. The van der Waals surface area contributed by atoms with E-state index < -0.39 is 0 Å². The SMILES string of the molecule is Clc1ccccc1Sc1ccc(CNC2CC2)cc1. The van der Waals surface area contributed by atoms with Gasteiger partial charge < -0.3 is 5.32 Å². The first-order chi connectivity index (χ1) is 9.31. The molecular weight excluding hydrogens is 274 g/mol. The van der Waals surface area contributed by atoms with Crippen LogP contribution in [0.4, 0.5) is 0 Å². The van der Waals surface area contributed by atoms with Crippen LogP contribution in [0.5, 0.6) is 0 Å². The minimum absolute atomic E-state index is 0.761. The average Bonchev–Trinajstić information content (AvgIpc) is 3.25. The number of hydrogen-bond donors (Lipinski definition) is 1. The third kappa shape index (κ3) is 3.75. The first kappa shape index (κ1) is 13.0. The van der Waals surface area contributed by atoms with Crippen molar-refractivity contribution < 1.29 is 0 Å². The second-order valence-electron chi connectivity index (χ2n) is 4.83. The van der Waals surface area contributed by atoms with Crippen LogP contribution < -0.4 is 5.32 Å². The van der Waals surface area contributed by atoms with Gasteiger partial charge in [-0.15, -0.1) is 0 Å². The Kier molecular flexibility index (Phi) is 4.12. The van der Waals surface area contributed by atoms with E-state index in [0.29, 0.717) is 0 Å². The fourth-order valence-corrected chi connectivity index (χ4v) is 2.97. The Morgan fingerprint density at radius 2 is 1.79 bits per heavy atom. The summed E-state index contributed by atoms with van der Waals surface area (Å²) in [5.41, 5.74) is 1.34. The Morgan fingerprint density at radius 3 is 2.47 bits per heavy atom. The van der Waals surface area contributed by atoms with E-state index in [1.54, 1.807) is 11.8 Å². The molecule has 1 nitrogen and oxygen atoms in total. The van der Waals surface area contributed by atoms with Crippen molar-refractivity contribution in [3.05, 3.63) is 59.1 Å². The summed E-state index contributed by atoms with van der Waals surface area (Å²) in [6.07, 6.45) is 2.67. The van der Waals surface area contributed by atoms with Gasteiger partial charge in [-0.1, -0.05) is 47.6 Å². The Bertz CT molecular complexity index is 549. The maximum Gasteiger partial charge on any atom is 0.0545 e. The zero-order valence-corrected chi connectivity index (χ0v) is 12.2. The van der Waals surface area contributed by atoms with Gasteiger partial charge in [0, 0.05) is 22.4 Å². The summed E-state index contributed by atoms with van der Waals surface area (Å²) in [5.74, 6) is 0. The monoisotopic (exact) mass is 289 g/mol. The summed E-state index contributed by atoms with van der Waals surface area (Å²) in [7, 11) is 0. The molecule has 0 bridgehead atoms. The first-order valence-corrected chi connectivity index (χ1v) is 7.75. The van der Waals surface area contributed by atoms with Crippen LogP contribution in [0, 0.1) is 0 Å². The highest BCUT2D eigenvalue weighted by atomic mass is 35.5. The smallest absolute Gasteiger partial charge is 0.0545 e. The van der Waals surface area contributed by atoms with Gasteiger partial charge >= 0.3 is 0 Å². The van der Waals surface area contributed by atoms with E-state index in [1.165, 1.54) is 23.3 Å². The van der Waals surface area contributed by atoms with Crippen LogP contribution in [0.3, 0.4) is 0 Å². The molecule has 1 N–H and O–H groups in total. The fourth-order valence-electron chi connectivity index (χ4n) is 1.88. The van der Waals surface area contributed by atoms with Gasteiger partial charge in [-0.25, -0.2) is 0 Å². The van der Waals surface area contributed by atoms with Gasteiger partial charge in [0.2, 0.25) is 0 Å². The average molecular weight is 290 g/mol. The van der Waals surface area contributed by atoms with E-state index in [0.717, 1.165) is 22.5 Å². The quantitative estimate of drug-likeness (QED) is 0.853. The highest BCUT2D eigenvalue weighted by Gasteiger charge is 2.19. The van der Waals surface area contributed by atoms with Crippen molar-refractivity contribution in [2.45, 2.75) is 35.2 Å². The van der Waals surface area contributed by atoms with Crippen molar-refractivity contribution >= 4 is 23.4 Å². The van der Waals surface area contributed by atoms with Crippen LogP contribution in [0.1, 0.15) is 18.4 Å². The van der Waals surface area contributed by atoms with Gasteiger partial charge in [-0.2, -0.15) is 0 Å². The van der Waals surface area contributed by atoms with Crippen molar-refractivity contribution in [1.29, 1.82) is 0 Å². The molecule has 2 aromatic rings. The Hall–Kier alpha value is -0.960. The zero-order valence-electron chi connectivity index (χ0n) is 10.6. The Balaban J connectivity index is 1.63. The number of halogens is 1. The van der Waals surface area contributed by atoms with Crippen molar-refractivity contribution in [2.75, 3.05) is 0 Å². The number of rotatable bonds is 5. The first-order valence-electron chi connectivity index (χ1n) is 6.56. The van der Waals surface area contributed by atoms with Gasteiger partial charge in [-0.05, 0) is 42.7 Å². The molecule has 0 amide bonds. The predicted molar refractivity (Wildman–Crippen MR) is 81.9 cm³/mol. The van der Waals surface area contributed by atoms with Gasteiger partial charge in [0.05, 0.1) is 5.02 Å². The molecular formula is C16H16ClNS. The lowest BCUT2D eigenvalue weighted by Crippen LogP contribution is -2.14. The molecule has 98 valence electrons. The third-order valence-electron chi connectivity index (χ3n) is 3.16. The van der Waals surface area contributed by atoms with E-state index in [1.807, 2.05) is 18.2 Å². The molecule has 19 heavy (non-hydrogen) atoms. The molecule has 0 aromatic heterocycles. The fraction of sp³-hybridized carbons (Fsp3) is 0.250. The summed E-state index contributed by atoms with van der Waals surface area (Å²) in [6, 6.07) is 17.4. The molecule has 0 aliphatic heterocycles. The van der Waals surface area contributed by atoms with Gasteiger partial charge in [0.15, 0.2) is 0 Å². The summed E-state index contributed by atoms with van der Waals surface area (Å²) >= 11 is 7.87. The van der Waals surface area contributed by atoms with Crippen molar-refractivity contribution in [1.82, 2.24) is 5.32 Å². The molecule has 1 fully saturated rings. The number of nitrogens with one attached hydrogen (secondary N) is 1.